The first-order valence-corrected chi connectivity index (χ1v) is 21.4. The molecule has 0 aliphatic carbocycles. The van der Waals surface area contributed by atoms with Crippen molar-refractivity contribution < 1.29 is 35.1 Å². The molecule has 2 fully saturated rings. The lowest BCUT2D eigenvalue weighted by Gasteiger charge is -2.42. The predicted octanol–water partition coefficient (Wildman–Crippen LogP) is 9.12. The molecule has 0 N–H and O–H groups in total. The van der Waals surface area contributed by atoms with Crippen LogP contribution in [0.4, 0.5) is 0 Å². The molecule has 216 valence electrons. The summed E-state index contributed by atoms with van der Waals surface area (Å²) in [6, 6.07) is 27.9. The van der Waals surface area contributed by atoms with E-state index in [1.165, 1.54) is 0 Å². The molecule has 14 heteroatoms. The van der Waals surface area contributed by atoms with Crippen LogP contribution in [0, 0.1) is 0 Å². The van der Waals surface area contributed by atoms with Crippen molar-refractivity contribution in [2.24, 2.45) is 0 Å². The van der Waals surface area contributed by atoms with Crippen molar-refractivity contribution in [3.05, 3.63) is 108 Å². The number of rotatable bonds is 13. The van der Waals surface area contributed by atoms with Gasteiger partial charge in [-0.25, -0.2) is 0 Å². The van der Waals surface area contributed by atoms with Gasteiger partial charge in [-0.3, -0.25) is 13.7 Å². The van der Waals surface area contributed by atoms with E-state index < -0.39 is 70.1 Å². The SMILES string of the molecule is CCC(c1ccccc1)P1(=O)[O][Al]([O]P(=O)([O][Al]2[O]P(=O)(C(CC)c3ccccc3)[O]2)C(CC)c2ccccc2)[O]1. The third-order valence-electron chi connectivity index (χ3n) is 7.26. The van der Waals surface area contributed by atoms with Gasteiger partial charge in [0.05, 0.1) is 17.0 Å². The van der Waals surface area contributed by atoms with E-state index >= 15 is 0 Å². The average molecular weight is 648 g/mol. The van der Waals surface area contributed by atoms with Crippen molar-refractivity contribution in [2.75, 3.05) is 0 Å². The zero-order valence-corrected chi connectivity index (χ0v) is 28.2. The minimum absolute atomic E-state index is 0.405. The van der Waals surface area contributed by atoms with E-state index in [0.717, 1.165) is 16.7 Å². The van der Waals surface area contributed by atoms with Gasteiger partial charge in [0, 0.05) is 0 Å². The van der Waals surface area contributed by atoms with Gasteiger partial charge >= 0.3 is 30.3 Å². The Balaban J connectivity index is 1.33. The smallest absolute Gasteiger partial charge is 0.386 e. The Morgan fingerprint density at radius 1 is 0.610 bits per heavy atom. The average Bonchev–Trinajstić information content (AvgIpc) is 2.94. The van der Waals surface area contributed by atoms with Crippen LogP contribution in [0.1, 0.15) is 73.7 Å². The number of hydrogen-bond donors (Lipinski definition) is 0. The second-order valence-electron chi connectivity index (χ2n) is 9.83. The highest BCUT2D eigenvalue weighted by Gasteiger charge is 2.66. The van der Waals surface area contributed by atoms with Gasteiger partial charge in [-0.05, 0) is 36.0 Å². The topological polar surface area (TPSA) is 107 Å². The molecule has 0 amide bonds. The summed E-state index contributed by atoms with van der Waals surface area (Å²) in [5.74, 6) is 0. The van der Waals surface area contributed by atoms with Crippen LogP contribution < -0.4 is 0 Å². The Labute approximate surface area is 251 Å². The van der Waals surface area contributed by atoms with Gasteiger partial charge in [-0.1, -0.05) is 112 Å². The molecule has 3 aromatic carbocycles. The minimum Gasteiger partial charge on any atom is -0.386 e. The van der Waals surface area contributed by atoms with E-state index in [0.29, 0.717) is 19.3 Å². The maximum atomic E-state index is 14.5. The third kappa shape index (κ3) is 6.81. The van der Waals surface area contributed by atoms with Crippen LogP contribution in [-0.2, 0) is 35.1 Å². The molecule has 2 heterocycles. The van der Waals surface area contributed by atoms with Crippen LogP contribution in [0.15, 0.2) is 91.0 Å². The molecule has 0 spiro atoms. The molecule has 3 aromatic rings. The predicted molar refractivity (Wildman–Crippen MR) is 159 cm³/mol. The van der Waals surface area contributed by atoms with Gasteiger partial charge < -0.3 is 21.5 Å². The van der Waals surface area contributed by atoms with Gasteiger partial charge in [-0.15, -0.1) is 0 Å². The molecule has 2 aliphatic heterocycles. The first kappa shape index (κ1) is 31.6. The van der Waals surface area contributed by atoms with E-state index in [2.05, 4.69) is 0 Å². The van der Waals surface area contributed by atoms with Crippen molar-refractivity contribution in [2.45, 2.75) is 57.0 Å². The van der Waals surface area contributed by atoms with Crippen LogP contribution in [0.2, 0.25) is 0 Å². The fourth-order valence-electron chi connectivity index (χ4n) is 5.23. The third-order valence-corrected chi connectivity index (χ3v) is 22.7. The van der Waals surface area contributed by atoms with Gasteiger partial charge in [0.15, 0.2) is 0 Å². The molecular formula is C27H33Al2O9P3. The highest BCUT2D eigenvalue weighted by molar-refractivity contribution is 7.63. The van der Waals surface area contributed by atoms with Crippen LogP contribution in [-0.4, -0.2) is 30.3 Å². The summed E-state index contributed by atoms with van der Waals surface area (Å²) in [7, 11) is -11.1. The highest BCUT2D eigenvalue weighted by atomic mass is 31.2. The fraction of sp³-hybridized carbons (Fsp3) is 0.333. The standard InChI is InChI=1S/3C9H13O3P.2Al/c3*1-2-9(13(10,11)12)8-6-4-3-5-7-8;;/h3*3-7,9H,2H2,1H3,(H2,10,11,12);;/q;;;2*+3/p-6. The lowest BCUT2D eigenvalue weighted by atomic mass is 10.1. The molecule has 0 saturated carbocycles. The van der Waals surface area contributed by atoms with E-state index in [1.54, 1.807) is 0 Å². The molecule has 2 aliphatic rings. The maximum absolute atomic E-state index is 14.5. The molecule has 0 aromatic heterocycles. The molecule has 3 unspecified atom stereocenters. The molecule has 0 radical (unpaired) electrons. The first-order chi connectivity index (χ1) is 19.7. The zero-order chi connectivity index (χ0) is 29.1. The molecular weight excluding hydrogens is 615 g/mol. The first-order valence-electron chi connectivity index (χ1n) is 13.8. The van der Waals surface area contributed by atoms with Gasteiger partial charge in [-0.2, -0.15) is 0 Å². The Hall–Kier alpha value is -0.825. The lowest BCUT2D eigenvalue weighted by Crippen LogP contribution is -2.39. The fourth-order valence-corrected chi connectivity index (χ4v) is 20.2. The van der Waals surface area contributed by atoms with Crippen molar-refractivity contribution in [1.29, 1.82) is 0 Å². The number of hydrogen-bond acceptors (Lipinski definition) is 9. The van der Waals surface area contributed by atoms with Crippen molar-refractivity contribution in [1.82, 2.24) is 0 Å². The van der Waals surface area contributed by atoms with E-state index in [1.807, 2.05) is 112 Å². The summed E-state index contributed by atoms with van der Waals surface area (Å²) in [6.07, 6.45) is 1.47. The summed E-state index contributed by atoms with van der Waals surface area (Å²) in [6.45, 7) is 5.68. The van der Waals surface area contributed by atoms with Crippen molar-refractivity contribution >= 4 is 53.1 Å². The molecule has 41 heavy (non-hydrogen) atoms. The van der Waals surface area contributed by atoms with E-state index in [-0.39, 0.29) is 0 Å². The Bertz CT molecular complexity index is 1340. The number of benzene rings is 3. The van der Waals surface area contributed by atoms with Crippen molar-refractivity contribution in [3.63, 3.8) is 0 Å². The quantitative estimate of drug-likeness (QED) is 0.133. The maximum Gasteiger partial charge on any atom is 0.926 e. The van der Waals surface area contributed by atoms with E-state index in [4.69, 9.17) is 21.5 Å². The Morgan fingerprint density at radius 2 is 0.951 bits per heavy atom. The largest absolute Gasteiger partial charge is 0.926 e. The Morgan fingerprint density at radius 3 is 1.27 bits per heavy atom. The lowest BCUT2D eigenvalue weighted by molar-refractivity contribution is 0.166. The highest BCUT2D eigenvalue weighted by Crippen LogP contribution is 2.75. The summed E-state index contributed by atoms with van der Waals surface area (Å²) >= 11 is -6.20. The second kappa shape index (κ2) is 13.4. The van der Waals surface area contributed by atoms with Gasteiger partial charge in [0.25, 0.3) is 22.8 Å². The summed E-state index contributed by atoms with van der Waals surface area (Å²) < 4.78 is 76.9. The second-order valence-corrected chi connectivity index (χ2v) is 21.2. The van der Waals surface area contributed by atoms with Crippen LogP contribution in [0.25, 0.3) is 0 Å². The molecule has 0 bridgehead atoms. The monoisotopic (exact) mass is 648 g/mol. The van der Waals surface area contributed by atoms with E-state index in [9.17, 15) is 13.7 Å². The molecule has 2 saturated heterocycles. The van der Waals surface area contributed by atoms with Gasteiger partial charge in [0.2, 0.25) is 0 Å². The van der Waals surface area contributed by atoms with Crippen molar-refractivity contribution in [3.8, 4) is 0 Å². The Kier molecular flexibility index (Phi) is 10.4. The van der Waals surface area contributed by atoms with Crippen LogP contribution in [0.5, 0.6) is 0 Å². The summed E-state index contributed by atoms with van der Waals surface area (Å²) in [5.41, 5.74) is 0.798. The summed E-state index contributed by atoms with van der Waals surface area (Å²) in [4.78, 5) is 0. The molecule has 5 rings (SSSR count). The normalized spacial score (nSPS) is 21.1. The molecule has 3 atom stereocenters. The molecule has 9 nitrogen and oxygen atoms in total. The zero-order valence-electron chi connectivity index (χ0n) is 23.2. The van der Waals surface area contributed by atoms with Crippen LogP contribution >= 0.6 is 22.8 Å². The minimum atomic E-state index is -4.05. The summed E-state index contributed by atoms with van der Waals surface area (Å²) in [5, 5.41) is 0. The van der Waals surface area contributed by atoms with Gasteiger partial charge in [0.1, 0.15) is 0 Å². The van der Waals surface area contributed by atoms with Crippen LogP contribution in [0.3, 0.4) is 0 Å².